The van der Waals surface area contributed by atoms with E-state index in [0.29, 0.717) is 18.1 Å². The summed E-state index contributed by atoms with van der Waals surface area (Å²) in [5.74, 6) is -0.397. The third kappa shape index (κ3) is 3.57. The zero-order chi connectivity index (χ0) is 14.6. The molecule has 104 valence electrons. The van der Waals surface area contributed by atoms with Crippen molar-refractivity contribution < 1.29 is 9.59 Å². The normalized spacial score (nSPS) is 10.9. The number of nitrogens with zero attached hydrogens (tertiary/aromatic N) is 1. The Kier molecular flexibility index (Phi) is 4.31. The molecule has 1 aromatic rings. The van der Waals surface area contributed by atoms with Gasteiger partial charge >= 0.3 is 0 Å². The molecule has 0 unspecified atom stereocenters. The number of hydrogen-bond acceptors (Lipinski definition) is 5. The first-order valence-corrected chi connectivity index (χ1v) is 5.80. The average molecular weight is 265 g/mol. The number of amides is 2. The van der Waals surface area contributed by atoms with Crippen molar-refractivity contribution in [2.75, 3.05) is 24.6 Å². The maximum atomic E-state index is 11.6. The molecule has 1 heterocycles. The van der Waals surface area contributed by atoms with Crippen LogP contribution in [0, 0.1) is 5.41 Å². The molecule has 1 rings (SSSR count). The van der Waals surface area contributed by atoms with Gasteiger partial charge in [0.25, 0.3) is 5.91 Å². The summed E-state index contributed by atoms with van der Waals surface area (Å²) in [4.78, 5) is 26.7. The summed E-state index contributed by atoms with van der Waals surface area (Å²) in [5, 5.41) is 5.54. The Balaban J connectivity index is 2.85. The third-order valence-corrected chi connectivity index (χ3v) is 2.72. The van der Waals surface area contributed by atoms with Crippen LogP contribution in [0.25, 0.3) is 0 Å². The zero-order valence-electron chi connectivity index (χ0n) is 11.3. The fraction of sp³-hybridized carbons (Fsp3) is 0.417. The van der Waals surface area contributed by atoms with E-state index in [0.717, 1.165) is 0 Å². The number of carbonyl (C=O) groups excluding carboxylic acids is 2. The van der Waals surface area contributed by atoms with Crippen LogP contribution in [0.1, 0.15) is 24.3 Å². The minimum atomic E-state index is -0.633. The van der Waals surface area contributed by atoms with Gasteiger partial charge in [-0.25, -0.2) is 4.98 Å². The first-order valence-electron chi connectivity index (χ1n) is 5.80. The second-order valence-electron chi connectivity index (χ2n) is 4.82. The molecule has 6 N–H and O–H groups in total. The highest BCUT2D eigenvalue weighted by Gasteiger charge is 2.26. The minimum absolute atomic E-state index is 0.107. The van der Waals surface area contributed by atoms with Crippen molar-refractivity contribution in [1.82, 2.24) is 10.3 Å². The van der Waals surface area contributed by atoms with Gasteiger partial charge in [0.1, 0.15) is 11.5 Å². The topological polar surface area (TPSA) is 123 Å². The number of hydrogen-bond donors (Lipinski definition) is 4. The number of pyridine rings is 1. The van der Waals surface area contributed by atoms with Gasteiger partial charge in [0.15, 0.2) is 0 Å². The van der Waals surface area contributed by atoms with Gasteiger partial charge in [0.05, 0.1) is 11.1 Å². The van der Waals surface area contributed by atoms with Crippen LogP contribution >= 0.6 is 0 Å². The van der Waals surface area contributed by atoms with E-state index in [9.17, 15) is 9.59 Å². The molecular formula is C12H19N5O2. The van der Waals surface area contributed by atoms with Gasteiger partial charge in [-0.3, -0.25) is 9.59 Å². The molecule has 0 radical (unpaired) electrons. The summed E-state index contributed by atoms with van der Waals surface area (Å²) >= 11 is 0. The molecule has 0 bridgehead atoms. The highest BCUT2D eigenvalue weighted by atomic mass is 16.2. The van der Waals surface area contributed by atoms with Crippen LogP contribution in [0.5, 0.6) is 0 Å². The number of rotatable bonds is 5. The van der Waals surface area contributed by atoms with Crippen LogP contribution in [0.4, 0.5) is 11.5 Å². The van der Waals surface area contributed by atoms with Crippen molar-refractivity contribution >= 4 is 23.3 Å². The van der Waals surface area contributed by atoms with Crippen molar-refractivity contribution in [3.05, 3.63) is 17.8 Å². The molecule has 0 saturated heterocycles. The van der Waals surface area contributed by atoms with E-state index in [2.05, 4.69) is 15.6 Å². The Hall–Kier alpha value is -2.31. The lowest BCUT2D eigenvalue weighted by Crippen LogP contribution is -2.39. The molecule has 0 aromatic carbocycles. The average Bonchev–Trinajstić information content (AvgIpc) is 2.36. The molecule has 0 aliphatic rings. The van der Waals surface area contributed by atoms with Gasteiger partial charge in [-0.1, -0.05) is 0 Å². The van der Waals surface area contributed by atoms with Gasteiger partial charge in [-0.15, -0.1) is 0 Å². The SMILES string of the molecule is CNC(=O)C(C)(C)CNc1nc(C(N)=O)ccc1N. The molecule has 0 spiro atoms. The van der Waals surface area contributed by atoms with Gasteiger partial charge in [-0.2, -0.15) is 0 Å². The maximum Gasteiger partial charge on any atom is 0.267 e. The number of nitrogen functional groups attached to an aromatic ring is 1. The molecule has 2 amide bonds. The van der Waals surface area contributed by atoms with Crippen LogP contribution in [0.3, 0.4) is 0 Å². The first kappa shape index (κ1) is 14.7. The minimum Gasteiger partial charge on any atom is -0.396 e. The van der Waals surface area contributed by atoms with Crippen molar-refractivity contribution in [1.29, 1.82) is 0 Å². The van der Waals surface area contributed by atoms with Crippen LogP contribution < -0.4 is 22.1 Å². The standard InChI is InChI=1S/C12H19N5O2/c1-12(2,11(19)15-3)6-16-10-7(13)4-5-8(17-10)9(14)18/h4-5H,6,13H2,1-3H3,(H2,14,18)(H,15,19)(H,16,17). The largest absolute Gasteiger partial charge is 0.396 e. The molecule has 7 heteroatoms. The summed E-state index contributed by atoms with van der Waals surface area (Å²) < 4.78 is 0. The number of nitrogens with one attached hydrogen (secondary N) is 2. The van der Waals surface area contributed by atoms with Crippen LogP contribution in [-0.4, -0.2) is 30.4 Å². The fourth-order valence-electron chi connectivity index (χ4n) is 1.47. The van der Waals surface area contributed by atoms with E-state index >= 15 is 0 Å². The summed E-state index contributed by atoms with van der Waals surface area (Å²) in [6.07, 6.45) is 0. The van der Waals surface area contributed by atoms with Gasteiger partial charge < -0.3 is 22.1 Å². The molecule has 7 nitrogen and oxygen atoms in total. The van der Waals surface area contributed by atoms with Crippen molar-refractivity contribution in [2.24, 2.45) is 11.1 Å². The number of aromatic nitrogens is 1. The second-order valence-corrected chi connectivity index (χ2v) is 4.82. The van der Waals surface area contributed by atoms with Crippen molar-refractivity contribution in [3.8, 4) is 0 Å². The van der Waals surface area contributed by atoms with Crippen molar-refractivity contribution in [2.45, 2.75) is 13.8 Å². The molecule has 0 aliphatic carbocycles. The number of anilines is 2. The summed E-state index contributed by atoms with van der Waals surface area (Å²) in [7, 11) is 1.57. The fourth-order valence-corrected chi connectivity index (χ4v) is 1.47. The Morgan fingerprint density at radius 1 is 1.37 bits per heavy atom. The monoisotopic (exact) mass is 265 g/mol. The van der Waals surface area contributed by atoms with Gasteiger partial charge in [0.2, 0.25) is 5.91 Å². The lowest BCUT2D eigenvalue weighted by molar-refractivity contribution is -0.128. The lowest BCUT2D eigenvalue weighted by Gasteiger charge is -2.23. The summed E-state index contributed by atoms with van der Waals surface area (Å²) in [5.41, 5.74) is 10.8. The molecular weight excluding hydrogens is 246 g/mol. The molecule has 0 fully saturated rings. The molecule has 19 heavy (non-hydrogen) atoms. The van der Waals surface area contributed by atoms with E-state index in [-0.39, 0.29) is 11.6 Å². The summed E-state index contributed by atoms with van der Waals surface area (Å²) in [6.45, 7) is 3.89. The molecule has 0 atom stereocenters. The van der Waals surface area contributed by atoms with Gasteiger partial charge in [-0.05, 0) is 26.0 Å². The van der Waals surface area contributed by atoms with E-state index in [4.69, 9.17) is 11.5 Å². The predicted octanol–water partition coefficient (Wildman–Crippen LogP) is -0.0532. The van der Waals surface area contributed by atoms with Gasteiger partial charge in [0, 0.05) is 13.6 Å². The third-order valence-electron chi connectivity index (χ3n) is 2.72. The van der Waals surface area contributed by atoms with Crippen molar-refractivity contribution in [3.63, 3.8) is 0 Å². The highest BCUT2D eigenvalue weighted by Crippen LogP contribution is 2.20. The Morgan fingerprint density at radius 2 is 2.00 bits per heavy atom. The smallest absolute Gasteiger partial charge is 0.267 e. The highest BCUT2D eigenvalue weighted by molar-refractivity contribution is 5.91. The Labute approximate surface area is 111 Å². The quantitative estimate of drug-likeness (QED) is 0.594. The Morgan fingerprint density at radius 3 is 2.53 bits per heavy atom. The van der Waals surface area contributed by atoms with E-state index < -0.39 is 11.3 Å². The molecule has 0 aliphatic heterocycles. The van der Waals surface area contributed by atoms with E-state index in [1.165, 1.54) is 6.07 Å². The maximum absolute atomic E-state index is 11.6. The van der Waals surface area contributed by atoms with E-state index in [1.807, 2.05) is 0 Å². The van der Waals surface area contributed by atoms with E-state index in [1.54, 1.807) is 27.0 Å². The number of primary amides is 1. The predicted molar refractivity (Wildman–Crippen MR) is 73.5 cm³/mol. The summed E-state index contributed by atoms with van der Waals surface area (Å²) in [6, 6.07) is 3.00. The number of carbonyl (C=O) groups is 2. The molecule has 1 aromatic heterocycles. The second kappa shape index (κ2) is 5.55. The van der Waals surface area contributed by atoms with Crippen LogP contribution in [0.2, 0.25) is 0 Å². The van der Waals surface area contributed by atoms with Crippen LogP contribution in [-0.2, 0) is 4.79 Å². The lowest BCUT2D eigenvalue weighted by atomic mass is 9.92. The first-order chi connectivity index (χ1) is 8.77. The number of nitrogens with two attached hydrogens (primary N) is 2. The Bertz CT molecular complexity index is 499. The molecule has 0 saturated carbocycles. The zero-order valence-corrected chi connectivity index (χ0v) is 11.3. The van der Waals surface area contributed by atoms with Crippen LogP contribution in [0.15, 0.2) is 12.1 Å².